The van der Waals surface area contributed by atoms with E-state index in [-0.39, 0.29) is 18.0 Å². The summed E-state index contributed by atoms with van der Waals surface area (Å²) >= 11 is 5.84. The summed E-state index contributed by atoms with van der Waals surface area (Å²) in [6.45, 7) is 2.46. The molecule has 1 saturated heterocycles. The fourth-order valence-corrected chi connectivity index (χ4v) is 5.64. The molecule has 0 unspecified atom stereocenters. The highest BCUT2D eigenvalue weighted by atomic mass is 32.1. The second kappa shape index (κ2) is 10.7. The van der Waals surface area contributed by atoms with E-state index in [0.717, 1.165) is 28.3 Å². The fraction of sp³-hybridized carbons (Fsp3) is 0.156. The first kappa shape index (κ1) is 24.8. The van der Waals surface area contributed by atoms with Gasteiger partial charge in [-0.3, -0.25) is 9.78 Å². The van der Waals surface area contributed by atoms with Gasteiger partial charge >= 0.3 is 0 Å². The van der Waals surface area contributed by atoms with Crippen molar-refractivity contribution in [3.8, 4) is 5.69 Å². The van der Waals surface area contributed by atoms with Gasteiger partial charge in [-0.15, -0.1) is 0 Å². The number of anilines is 1. The number of nitrogens with one attached hydrogen (secondary N) is 2. The first-order chi connectivity index (χ1) is 19.1. The number of nitrogens with zero attached hydrogens (tertiary/aromatic N) is 3. The van der Waals surface area contributed by atoms with Gasteiger partial charge in [0.2, 0.25) is 5.91 Å². The highest BCUT2D eigenvalue weighted by molar-refractivity contribution is 7.80. The lowest BCUT2D eigenvalue weighted by atomic mass is 10.0. The maximum atomic E-state index is 13.0. The molecule has 1 aliphatic heterocycles. The highest BCUT2D eigenvalue weighted by Gasteiger charge is 2.41. The fourth-order valence-electron chi connectivity index (χ4n) is 5.31. The standard InChI is InChI=1S/C32H29N5OS/c1-22-9-2-5-12-26(22)34-29(38)17-20-37-31(30(35-32(37)39)27-13-6-7-18-33-27)28-14-8-19-36(28)25-16-15-23-10-3-4-11-24(23)21-25/h2-16,18-19,21,30-31H,17,20H2,1H3,(H,34,38)(H,35,39)/t30-,31+/m0/s1. The summed E-state index contributed by atoms with van der Waals surface area (Å²) in [6, 6.07) is 32.5. The second-order valence-corrected chi connectivity index (χ2v) is 10.2. The Morgan fingerprint density at radius 3 is 2.56 bits per heavy atom. The number of amides is 1. The van der Waals surface area contributed by atoms with Crippen LogP contribution in [0.1, 0.15) is 35.5 Å². The molecule has 39 heavy (non-hydrogen) atoms. The number of para-hydroxylation sites is 1. The van der Waals surface area contributed by atoms with Crippen LogP contribution in [0, 0.1) is 6.92 Å². The van der Waals surface area contributed by atoms with E-state index in [1.54, 1.807) is 6.20 Å². The zero-order valence-corrected chi connectivity index (χ0v) is 22.4. The number of benzene rings is 3. The van der Waals surface area contributed by atoms with Gasteiger partial charge in [0.25, 0.3) is 0 Å². The van der Waals surface area contributed by atoms with Gasteiger partial charge in [0, 0.05) is 42.4 Å². The van der Waals surface area contributed by atoms with Gasteiger partial charge in [-0.25, -0.2) is 0 Å². The van der Waals surface area contributed by atoms with Crippen molar-refractivity contribution in [2.24, 2.45) is 0 Å². The lowest BCUT2D eigenvalue weighted by Gasteiger charge is -2.29. The van der Waals surface area contributed by atoms with Crippen LogP contribution in [0.3, 0.4) is 0 Å². The molecule has 2 aromatic heterocycles. The van der Waals surface area contributed by atoms with Gasteiger partial charge in [0.1, 0.15) is 0 Å². The minimum atomic E-state index is -0.160. The molecule has 1 aliphatic rings. The van der Waals surface area contributed by atoms with Crippen molar-refractivity contribution in [2.75, 3.05) is 11.9 Å². The van der Waals surface area contributed by atoms with Gasteiger partial charge in [-0.05, 0) is 77.9 Å². The molecule has 0 radical (unpaired) electrons. The van der Waals surface area contributed by atoms with Crippen molar-refractivity contribution >= 4 is 39.7 Å². The lowest BCUT2D eigenvalue weighted by Crippen LogP contribution is -2.33. The molecule has 5 aromatic rings. The van der Waals surface area contributed by atoms with E-state index < -0.39 is 0 Å². The summed E-state index contributed by atoms with van der Waals surface area (Å²) in [4.78, 5) is 19.7. The SMILES string of the molecule is Cc1ccccc1NC(=O)CCN1C(=S)N[C@@H](c2ccccn2)[C@H]1c1cccn1-c1ccc2ccccc2c1. The van der Waals surface area contributed by atoms with Crippen LogP contribution < -0.4 is 10.6 Å². The zero-order valence-electron chi connectivity index (χ0n) is 21.6. The smallest absolute Gasteiger partial charge is 0.226 e. The molecule has 1 amide bonds. The van der Waals surface area contributed by atoms with Crippen molar-refractivity contribution in [3.05, 3.63) is 126 Å². The lowest BCUT2D eigenvalue weighted by molar-refractivity contribution is -0.116. The first-order valence-electron chi connectivity index (χ1n) is 13.1. The van der Waals surface area contributed by atoms with Gasteiger partial charge in [-0.1, -0.05) is 54.6 Å². The van der Waals surface area contributed by atoms with Gasteiger partial charge in [0.15, 0.2) is 5.11 Å². The van der Waals surface area contributed by atoms with Crippen LogP contribution in [-0.2, 0) is 4.79 Å². The van der Waals surface area contributed by atoms with Gasteiger partial charge < -0.3 is 20.1 Å². The maximum absolute atomic E-state index is 13.0. The van der Waals surface area contributed by atoms with Gasteiger partial charge in [-0.2, -0.15) is 0 Å². The van der Waals surface area contributed by atoms with Crippen molar-refractivity contribution in [2.45, 2.75) is 25.4 Å². The molecule has 7 heteroatoms. The van der Waals surface area contributed by atoms with Crippen LogP contribution in [0.25, 0.3) is 16.5 Å². The molecule has 0 spiro atoms. The number of aryl methyl sites for hydroxylation is 1. The van der Waals surface area contributed by atoms with Crippen molar-refractivity contribution in [1.29, 1.82) is 0 Å². The molecule has 0 bridgehead atoms. The number of fused-ring (bicyclic) bond motifs is 1. The topological polar surface area (TPSA) is 62.2 Å². The Labute approximate surface area is 233 Å². The zero-order chi connectivity index (χ0) is 26.8. The van der Waals surface area contributed by atoms with E-state index in [2.05, 4.69) is 85.9 Å². The molecule has 2 atom stereocenters. The van der Waals surface area contributed by atoms with Crippen molar-refractivity contribution in [1.82, 2.24) is 19.8 Å². The van der Waals surface area contributed by atoms with Crippen LogP contribution in [0.15, 0.2) is 109 Å². The Morgan fingerprint density at radius 2 is 1.74 bits per heavy atom. The summed E-state index contributed by atoms with van der Waals surface area (Å²) in [5.41, 5.74) is 4.92. The van der Waals surface area contributed by atoms with E-state index in [4.69, 9.17) is 12.2 Å². The van der Waals surface area contributed by atoms with E-state index >= 15 is 0 Å². The minimum Gasteiger partial charge on any atom is -0.352 e. The second-order valence-electron chi connectivity index (χ2n) is 9.77. The third kappa shape index (κ3) is 5.01. The van der Waals surface area contributed by atoms with Crippen LogP contribution >= 0.6 is 12.2 Å². The Hall–Kier alpha value is -4.49. The number of rotatable bonds is 7. The highest BCUT2D eigenvalue weighted by Crippen LogP contribution is 2.39. The van der Waals surface area contributed by atoms with Crippen LogP contribution in [0.4, 0.5) is 5.69 Å². The Balaban J connectivity index is 1.33. The average molecular weight is 532 g/mol. The normalized spacial score (nSPS) is 16.8. The average Bonchev–Trinajstić information content (AvgIpc) is 3.57. The number of pyridine rings is 1. The Kier molecular flexibility index (Phi) is 6.82. The summed E-state index contributed by atoms with van der Waals surface area (Å²) in [6.07, 6.45) is 4.19. The molecule has 3 aromatic carbocycles. The van der Waals surface area contributed by atoms with E-state index in [0.29, 0.717) is 18.1 Å². The van der Waals surface area contributed by atoms with E-state index in [1.165, 1.54) is 10.8 Å². The predicted octanol–water partition coefficient (Wildman–Crippen LogP) is 6.34. The summed E-state index contributed by atoms with van der Waals surface area (Å²) < 4.78 is 2.21. The third-order valence-electron chi connectivity index (χ3n) is 7.29. The number of aromatic nitrogens is 2. The molecular weight excluding hydrogens is 502 g/mol. The first-order valence-corrected chi connectivity index (χ1v) is 13.5. The van der Waals surface area contributed by atoms with Crippen LogP contribution in [-0.4, -0.2) is 32.0 Å². The van der Waals surface area contributed by atoms with Gasteiger partial charge in [0.05, 0.1) is 17.8 Å². The molecule has 6 rings (SSSR count). The summed E-state index contributed by atoms with van der Waals surface area (Å²) in [7, 11) is 0. The van der Waals surface area contributed by atoms with E-state index in [1.807, 2.05) is 49.4 Å². The maximum Gasteiger partial charge on any atom is 0.226 e. The third-order valence-corrected chi connectivity index (χ3v) is 7.64. The number of hydrogen-bond acceptors (Lipinski definition) is 3. The Morgan fingerprint density at radius 1 is 0.949 bits per heavy atom. The minimum absolute atomic E-state index is 0.0444. The quantitative estimate of drug-likeness (QED) is 0.240. The molecule has 194 valence electrons. The van der Waals surface area contributed by atoms with Crippen molar-refractivity contribution < 1.29 is 4.79 Å². The molecule has 0 saturated carbocycles. The molecule has 3 heterocycles. The molecular formula is C32H29N5OS. The molecule has 2 N–H and O–H groups in total. The number of carbonyl (C=O) groups is 1. The summed E-state index contributed by atoms with van der Waals surface area (Å²) in [5, 5.41) is 9.55. The van der Waals surface area contributed by atoms with E-state index in [9.17, 15) is 4.79 Å². The molecule has 0 aliphatic carbocycles. The largest absolute Gasteiger partial charge is 0.352 e. The van der Waals surface area contributed by atoms with Crippen LogP contribution in [0.2, 0.25) is 0 Å². The number of hydrogen-bond donors (Lipinski definition) is 2. The summed E-state index contributed by atoms with van der Waals surface area (Å²) in [5.74, 6) is -0.0444. The van der Waals surface area contributed by atoms with Crippen LogP contribution in [0.5, 0.6) is 0 Å². The monoisotopic (exact) mass is 531 g/mol. The predicted molar refractivity (Wildman–Crippen MR) is 160 cm³/mol. The molecule has 1 fully saturated rings. The Bertz CT molecular complexity index is 1650. The number of carbonyl (C=O) groups excluding carboxylic acids is 1. The number of thiocarbonyl (C=S) groups is 1. The van der Waals surface area contributed by atoms with Crippen molar-refractivity contribution in [3.63, 3.8) is 0 Å². The molecule has 6 nitrogen and oxygen atoms in total.